The van der Waals surface area contributed by atoms with E-state index >= 15 is 0 Å². The minimum absolute atomic E-state index is 0.447. The number of carboxylic acid groups (broad SMARTS) is 1. The standard InChI is InChI=1S/C12H15ClO3/c1-4-8(12(14)15)10-7(2)5-6-9(13)11(10)16-3/h5-6,8H,4H2,1-3H3,(H,14,15). The van der Waals surface area contributed by atoms with Crippen molar-refractivity contribution >= 4 is 17.6 Å². The minimum Gasteiger partial charge on any atom is -0.495 e. The largest absolute Gasteiger partial charge is 0.495 e. The maximum atomic E-state index is 11.2. The topological polar surface area (TPSA) is 46.5 Å². The van der Waals surface area contributed by atoms with Gasteiger partial charge in [-0.25, -0.2) is 0 Å². The number of carbonyl (C=O) groups is 1. The Balaban J connectivity index is 3.39. The number of methoxy groups -OCH3 is 1. The van der Waals surface area contributed by atoms with Gasteiger partial charge in [0.15, 0.2) is 0 Å². The zero-order valence-electron chi connectivity index (χ0n) is 9.58. The van der Waals surface area contributed by atoms with Crippen LogP contribution in [0.5, 0.6) is 5.75 Å². The fraction of sp³-hybridized carbons (Fsp3) is 0.417. The fourth-order valence-corrected chi connectivity index (χ4v) is 2.06. The zero-order chi connectivity index (χ0) is 12.3. The summed E-state index contributed by atoms with van der Waals surface area (Å²) >= 11 is 5.99. The highest BCUT2D eigenvalue weighted by molar-refractivity contribution is 6.32. The number of ether oxygens (including phenoxy) is 1. The normalized spacial score (nSPS) is 12.2. The van der Waals surface area contributed by atoms with Crippen LogP contribution in [0.2, 0.25) is 5.02 Å². The van der Waals surface area contributed by atoms with Crippen LogP contribution in [-0.4, -0.2) is 18.2 Å². The van der Waals surface area contributed by atoms with Crippen molar-refractivity contribution in [1.82, 2.24) is 0 Å². The summed E-state index contributed by atoms with van der Waals surface area (Å²) < 4.78 is 5.19. The molecule has 0 aliphatic rings. The highest BCUT2D eigenvalue weighted by atomic mass is 35.5. The van der Waals surface area contributed by atoms with Crippen LogP contribution in [0.1, 0.15) is 30.4 Å². The highest BCUT2D eigenvalue weighted by Gasteiger charge is 2.24. The van der Waals surface area contributed by atoms with Crippen LogP contribution in [0.15, 0.2) is 12.1 Å². The second-order valence-electron chi connectivity index (χ2n) is 3.61. The lowest BCUT2D eigenvalue weighted by Crippen LogP contribution is -2.13. The van der Waals surface area contributed by atoms with Gasteiger partial charge in [0, 0.05) is 5.56 Å². The Morgan fingerprint density at radius 3 is 2.62 bits per heavy atom. The molecule has 0 radical (unpaired) electrons. The Morgan fingerprint density at radius 2 is 2.19 bits per heavy atom. The average molecular weight is 243 g/mol. The van der Waals surface area contributed by atoms with Crippen molar-refractivity contribution in [3.05, 3.63) is 28.3 Å². The number of carboxylic acids is 1. The van der Waals surface area contributed by atoms with E-state index in [1.54, 1.807) is 6.07 Å². The minimum atomic E-state index is -0.855. The average Bonchev–Trinajstić information content (AvgIpc) is 2.24. The molecule has 0 fully saturated rings. The van der Waals surface area contributed by atoms with Gasteiger partial charge in [0.25, 0.3) is 0 Å². The molecule has 0 saturated heterocycles. The Bertz CT molecular complexity index is 401. The van der Waals surface area contributed by atoms with Crippen LogP contribution in [0.25, 0.3) is 0 Å². The second kappa shape index (κ2) is 5.21. The van der Waals surface area contributed by atoms with Gasteiger partial charge in [-0.1, -0.05) is 24.6 Å². The summed E-state index contributed by atoms with van der Waals surface area (Å²) in [6.45, 7) is 3.69. The predicted octanol–water partition coefficient (Wildman–Crippen LogP) is 3.24. The molecule has 0 bridgehead atoms. The van der Waals surface area contributed by atoms with E-state index in [1.807, 2.05) is 19.9 Å². The van der Waals surface area contributed by atoms with Crippen molar-refractivity contribution in [2.45, 2.75) is 26.2 Å². The number of aliphatic carboxylic acids is 1. The van der Waals surface area contributed by atoms with Gasteiger partial charge < -0.3 is 9.84 Å². The number of rotatable bonds is 4. The first-order chi connectivity index (χ1) is 7.52. The molecule has 1 aromatic rings. The van der Waals surface area contributed by atoms with E-state index in [0.29, 0.717) is 22.8 Å². The van der Waals surface area contributed by atoms with Crippen molar-refractivity contribution < 1.29 is 14.6 Å². The molecule has 0 spiro atoms. The first kappa shape index (κ1) is 12.8. The first-order valence-electron chi connectivity index (χ1n) is 5.08. The van der Waals surface area contributed by atoms with Crippen molar-refractivity contribution in [2.24, 2.45) is 0 Å². The van der Waals surface area contributed by atoms with Crippen molar-refractivity contribution in [2.75, 3.05) is 7.11 Å². The van der Waals surface area contributed by atoms with Crippen molar-refractivity contribution in [1.29, 1.82) is 0 Å². The number of aryl methyl sites for hydroxylation is 1. The van der Waals surface area contributed by atoms with Crippen LogP contribution >= 0.6 is 11.6 Å². The van der Waals surface area contributed by atoms with Crippen LogP contribution in [-0.2, 0) is 4.79 Å². The summed E-state index contributed by atoms with van der Waals surface area (Å²) in [7, 11) is 1.50. The quantitative estimate of drug-likeness (QED) is 0.882. The molecule has 1 unspecified atom stereocenters. The van der Waals surface area contributed by atoms with Gasteiger partial charge in [-0.05, 0) is 25.0 Å². The molecule has 0 amide bonds. The van der Waals surface area contributed by atoms with E-state index in [1.165, 1.54) is 7.11 Å². The van der Waals surface area contributed by atoms with Crippen molar-refractivity contribution in [3.63, 3.8) is 0 Å². The lowest BCUT2D eigenvalue weighted by atomic mass is 9.92. The van der Waals surface area contributed by atoms with E-state index in [0.717, 1.165) is 5.56 Å². The summed E-state index contributed by atoms with van der Waals surface area (Å²) in [4.78, 5) is 11.2. The Hall–Kier alpha value is -1.22. The van der Waals surface area contributed by atoms with E-state index in [4.69, 9.17) is 21.4 Å². The third-order valence-electron chi connectivity index (χ3n) is 2.62. The number of hydrogen-bond acceptors (Lipinski definition) is 2. The molecule has 1 atom stereocenters. The Kier molecular flexibility index (Phi) is 4.19. The second-order valence-corrected chi connectivity index (χ2v) is 4.02. The number of benzene rings is 1. The van der Waals surface area contributed by atoms with E-state index < -0.39 is 11.9 Å². The van der Waals surface area contributed by atoms with E-state index in [9.17, 15) is 4.79 Å². The fourth-order valence-electron chi connectivity index (χ4n) is 1.81. The van der Waals surface area contributed by atoms with Crippen LogP contribution in [0.3, 0.4) is 0 Å². The number of hydrogen-bond donors (Lipinski definition) is 1. The summed E-state index contributed by atoms with van der Waals surface area (Å²) in [6, 6.07) is 3.53. The summed E-state index contributed by atoms with van der Waals surface area (Å²) in [5.41, 5.74) is 1.56. The molecule has 3 nitrogen and oxygen atoms in total. The molecule has 0 saturated carbocycles. The molecule has 1 aromatic carbocycles. The summed E-state index contributed by atoms with van der Waals surface area (Å²) in [5, 5.41) is 9.61. The smallest absolute Gasteiger partial charge is 0.311 e. The lowest BCUT2D eigenvalue weighted by Gasteiger charge is -2.18. The maximum Gasteiger partial charge on any atom is 0.311 e. The Labute approximate surface area is 100.0 Å². The third kappa shape index (κ3) is 2.30. The van der Waals surface area contributed by atoms with Crippen LogP contribution in [0.4, 0.5) is 0 Å². The monoisotopic (exact) mass is 242 g/mol. The van der Waals surface area contributed by atoms with Gasteiger partial charge in [-0.2, -0.15) is 0 Å². The maximum absolute atomic E-state index is 11.2. The van der Waals surface area contributed by atoms with E-state index in [-0.39, 0.29) is 0 Å². The SMILES string of the molecule is CCC(C(=O)O)c1c(C)ccc(Cl)c1OC. The molecule has 4 heteroatoms. The first-order valence-corrected chi connectivity index (χ1v) is 5.46. The van der Waals surface area contributed by atoms with Gasteiger partial charge in [0.1, 0.15) is 5.75 Å². The van der Waals surface area contributed by atoms with Crippen LogP contribution in [0, 0.1) is 6.92 Å². The summed E-state index contributed by atoms with van der Waals surface area (Å²) in [5.74, 6) is -0.962. The van der Waals surface area contributed by atoms with Gasteiger partial charge in [0.2, 0.25) is 0 Å². The molecule has 1 rings (SSSR count). The zero-order valence-corrected chi connectivity index (χ0v) is 10.3. The van der Waals surface area contributed by atoms with Gasteiger partial charge in [-0.15, -0.1) is 0 Å². The molecule has 0 aliphatic heterocycles. The molecule has 1 N–H and O–H groups in total. The van der Waals surface area contributed by atoms with E-state index in [2.05, 4.69) is 0 Å². The molecule has 0 heterocycles. The van der Waals surface area contributed by atoms with Crippen molar-refractivity contribution in [3.8, 4) is 5.75 Å². The predicted molar refractivity (Wildman–Crippen MR) is 63.4 cm³/mol. The highest BCUT2D eigenvalue weighted by Crippen LogP contribution is 2.37. The molecule has 88 valence electrons. The van der Waals surface area contributed by atoms with Gasteiger partial charge in [0.05, 0.1) is 18.1 Å². The molecule has 16 heavy (non-hydrogen) atoms. The third-order valence-corrected chi connectivity index (χ3v) is 2.92. The van der Waals surface area contributed by atoms with Crippen LogP contribution < -0.4 is 4.74 Å². The molecule has 0 aliphatic carbocycles. The summed E-state index contributed by atoms with van der Waals surface area (Å²) in [6.07, 6.45) is 0.507. The van der Waals surface area contributed by atoms with Gasteiger partial charge in [-0.3, -0.25) is 4.79 Å². The molecular formula is C12H15ClO3. The molecule has 0 aromatic heterocycles. The molecular weight excluding hydrogens is 228 g/mol. The van der Waals surface area contributed by atoms with Gasteiger partial charge >= 0.3 is 5.97 Å². The number of halogens is 1. The lowest BCUT2D eigenvalue weighted by molar-refractivity contribution is -0.138. The Morgan fingerprint density at radius 1 is 1.56 bits per heavy atom.